The maximum Gasteiger partial charge on any atom is 0.0699 e. The number of rotatable bonds is 7. The van der Waals surface area contributed by atoms with Crippen LogP contribution in [-0.2, 0) is 9.47 Å². The average Bonchev–Trinajstić information content (AvgIpc) is 2.59. The molecule has 4 heteroatoms. The van der Waals surface area contributed by atoms with Gasteiger partial charge in [0.05, 0.1) is 12.7 Å². The van der Waals surface area contributed by atoms with Gasteiger partial charge < -0.3 is 15.2 Å². The standard InChI is InChI=1S/C13H28N2O2/c1-3-13-10-15(8-5-9-17-13)12(11-16-2)6-4-7-14/h12-13H,3-11,14H2,1-2H3. The topological polar surface area (TPSA) is 47.7 Å². The molecule has 0 aromatic rings. The van der Waals surface area contributed by atoms with Crippen molar-refractivity contribution in [2.75, 3.05) is 40.0 Å². The Hall–Kier alpha value is -0.160. The second-order valence-electron chi connectivity index (χ2n) is 4.79. The molecule has 1 aliphatic rings. The van der Waals surface area contributed by atoms with Crippen LogP contribution in [0.5, 0.6) is 0 Å². The summed E-state index contributed by atoms with van der Waals surface area (Å²) in [5, 5.41) is 0. The van der Waals surface area contributed by atoms with Gasteiger partial charge in [0.2, 0.25) is 0 Å². The number of ether oxygens (including phenoxy) is 2. The van der Waals surface area contributed by atoms with Crippen molar-refractivity contribution in [2.24, 2.45) is 5.73 Å². The van der Waals surface area contributed by atoms with Crippen LogP contribution in [-0.4, -0.2) is 57.0 Å². The largest absolute Gasteiger partial charge is 0.383 e. The molecule has 0 aliphatic carbocycles. The molecule has 1 aliphatic heterocycles. The van der Waals surface area contributed by atoms with Gasteiger partial charge in [0, 0.05) is 32.8 Å². The minimum Gasteiger partial charge on any atom is -0.383 e. The van der Waals surface area contributed by atoms with Crippen LogP contribution in [0, 0.1) is 0 Å². The molecule has 0 saturated carbocycles. The molecule has 0 spiro atoms. The molecular weight excluding hydrogens is 216 g/mol. The first kappa shape index (κ1) is 14.9. The molecule has 2 N–H and O–H groups in total. The van der Waals surface area contributed by atoms with Crippen LogP contribution in [0.1, 0.15) is 32.6 Å². The summed E-state index contributed by atoms with van der Waals surface area (Å²) < 4.78 is 11.1. The predicted molar refractivity (Wildman–Crippen MR) is 70.2 cm³/mol. The first-order valence-electron chi connectivity index (χ1n) is 6.86. The van der Waals surface area contributed by atoms with Crippen molar-refractivity contribution in [1.29, 1.82) is 0 Å². The Morgan fingerprint density at radius 3 is 3.00 bits per heavy atom. The average molecular weight is 244 g/mol. The summed E-state index contributed by atoms with van der Waals surface area (Å²) >= 11 is 0. The summed E-state index contributed by atoms with van der Waals surface area (Å²) in [6, 6.07) is 0.499. The smallest absolute Gasteiger partial charge is 0.0699 e. The molecule has 2 atom stereocenters. The molecule has 102 valence electrons. The Morgan fingerprint density at radius 2 is 2.35 bits per heavy atom. The summed E-state index contributed by atoms with van der Waals surface area (Å²) in [5.41, 5.74) is 5.60. The van der Waals surface area contributed by atoms with E-state index in [0.29, 0.717) is 12.1 Å². The molecule has 0 radical (unpaired) electrons. The van der Waals surface area contributed by atoms with Gasteiger partial charge in [0.1, 0.15) is 0 Å². The van der Waals surface area contributed by atoms with Crippen molar-refractivity contribution >= 4 is 0 Å². The lowest BCUT2D eigenvalue weighted by molar-refractivity contribution is 0.0315. The third kappa shape index (κ3) is 5.34. The van der Waals surface area contributed by atoms with Crippen molar-refractivity contribution in [1.82, 2.24) is 4.90 Å². The molecule has 2 unspecified atom stereocenters. The zero-order valence-corrected chi connectivity index (χ0v) is 11.4. The van der Waals surface area contributed by atoms with Gasteiger partial charge in [0.25, 0.3) is 0 Å². The minimum atomic E-state index is 0.384. The fourth-order valence-corrected chi connectivity index (χ4v) is 2.42. The fourth-order valence-electron chi connectivity index (χ4n) is 2.42. The summed E-state index contributed by atoms with van der Waals surface area (Å²) in [6.45, 7) is 6.81. The third-order valence-electron chi connectivity index (χ3n) is 3.45. The zero-order chi connectivity index (χ0) is 12.5. The predicted octanol–water partition coefficient (Wildman–Crippen LogP) is 1.24. The SMILES string of the molecule is CCC1CN(C(CCCN)COC)CCCO1. The van der Waals surface area contributed by atoms with Gasteiger partial charge in [-0.05, 0) is 32.2 Å². The molecular formula is C13H28N2O2. The molecule has 1 heterocycles. The van der Waals surface area contributed by atoms with E-state index in [1.165, 1.54) is 0 Å². The van der Waals surface area contributed by atoms with Crippen LogP contribution in [0.25, 0.3) is 0 Å². The highest BCUT2D eigenvalue weighted by molar-refractivity contribution is 4.77. The van der Waals surface area contributed by atoms with E-state index in [1.54, 1.807) is 7.11 Å². The van der Waals surface area contributed by atoms with Crippen LogP contribution in [0.3, 0.4) is 0 Å². The quantitative estimate of drug-likeness (QED) is 0.732. The maximum atomic E-state index is 5.81. The van der Waals surface area contributed by atoms with Gasteiger partial charge >= 0.3 is 0 Å². The van der Waals surface area contributed by atoms with Crippen molar-refractivity contribution in [3.8, 4) is 0 Å². The van der Waals surface area contributed by atoms with Gasteiger partial charge in [-0.25, -0.2) is 0 Å². The van der Waals surface area contributed by atoms with E-state index in [0.717, 1.165) is 58.5 Å². The number of hydrogen-bond donors (Lipinski definition) is 1. The van der Waals surface area contributed by atoms with Gasteiger partial charge in [-0.15, -0.1) is 0 Å². The van der Waals surface area contributed by atoms with Crippen LogP contribution < -0.4 is 5.73 Å². The number of nitrogens with two attached hydrogens (primary N) is 1. The van der Waals surface area contributed by atoms with Crippen molar-refractivity contribution in [3.05, 3.63) is 0 Å². The van der Waals surface area contributed by atoms with Crippen molar-refractivity contribution in [3.63, 3.8) is 0 Å². The Morgan fingerprint density at radius 1 is 1.53 bits per heavy atom. The summed E-state index contributed by atoms with van der Waals surface area (Å²) in [6.07, 6.45) is 4.80. The van der Waals surface area contributed by atoms with Gasteiger partial charge in [-0.3, -0.25) is 4.90 Å². The number of hydrogen-bond acceptors (Lipinski definition) is 4. The lowest BCUT2D eigenvalue weighted by Gasteiger charge is -2.31. The van der Waals surface area contributed by atoms with E-state index in [-0.39, 0.29) is 0 Å². The van der Waals surface area contributed by atoms with Crippen LogP contribution in [0.15, 0.2) is 0 Å². The van der Waals surface area contributed by atoms with Gasteiger partial charge in [-0.1, -0.05) is 6.92 Å². The first-order chi connectivity index (χ1) is 8.31. The highest BCUT2D eigenvalue weighted by Gasteiger charge is 2.23. The summed E-state index contributed by atoms with van der Waals surface area (Å²) in [5.74, 6) is 0. The third-order valence-corrected chi connectivity index (χ3v) is 3.45. The van der Waals surface area contributed by atoms with E-state index in [1.807, 2.05) is 0 Å². The van der Waals surface area contributed by atoms with E-state index in [9.17, 15) is 0 Å². The Labute approximate surface area is 105 Å². The summed E-state index contributed by atoms with van der Waals surface area (Å²) in [7, 11) is 1.78. The lowest BCUT2D eigenvalue weighted by Crippen LogP contribution is -2.42. The molecule has 0 aromatic carbocycles. The monoisotopic (exact) mass is 244 g/mol. The Balaban J connectivity index is 2.50. The molecule has 1 saturated heterocycles. The molecule has 1 fully saturated rings. The van der Waals surface area contributed by atoms with Crippen LogP contribution >= 0.6 is 0 Å². The van der Waals surface area contributed by atoms with Gasteiger partial charge in [-0.2, -0.15) is 0 Å². The molecule has 0 aromatic heterocycles. The molecule has 4 nitrogen and oxygen atoms in total. The second-order valence-corrected chi connectivity index (χ2v) is 4.79. The first-order valence-corrected chi connectivity index (χ1v) is 6.86. The van der Waals surface area contributed by atoms with E-state index >= 15 is 0 Å². The molecule has 0 amide bonds. The Bertz CT molecular complexity index is 190. The second kappa shape index (κ2) is 8.86. The number of methoxy groups -OCH3 is 1. The molecule has 17 heavy (non-hydrogen) atoms. The zero-order valence-electron chi connectivity index (χ0n) is 11.4. The minimum absolute atomic E-state index is 0.384. The number of nitrogens with zero attached hydrogens (tertiary/aromatic N) is 1. The van der Waals surface area contributed by atoms with E-state index < -0.39 is 0 Å². The van der Waals surface area contributed by atoms with Crippen LogP contribution in [0.4, 0.5) is 0 Å². The summed E-state index contributed by atoms with van der Waals surface area (Å²) in [4.78, 5) is 2.53. The molecule has 0 bridgehead atoms. The van der Waals surface area contributed by atoms with Gasteiger partial charge in [0.15, 0.2) is 0 Å². The van der Waals surface area contributed by atoms with Crippen molar-refractivity contribution < 1.29 is 9.47 Å². The fraction of sp³-hybridized carbons (Fsp3) is 1.00. The van der Waals surface area contributed by atoms with Crippen LogP contribution in [0.2, 0.25) is 0 Å². The van der Waals surface area contributed by atoms with E-state index in [4.69, 9.17) is 15.2 Å². The highest BCUT2D eigenvalue weighted by Crippen LogP contribution is 2.15. The maximum absolute atomic E-state index is 5.81. The van der Waals surface area contributed by atoms with Crippen molar-refractivity contribution in [2.45, 2.75) is 44.8 Å². The molecule has 1 rings (SSSR count). The normalized spacial score (nSPS) is 24.5. The Kier molecular flexibility index (Phi) is 7.77. The highest BCUT2D eigenvalue weighted by atomic mass is 16.5. The lowest BCUT2D eigenvalue weighted by atomic mass is 10.1. The van der Waals surface area contributed by atoms with E-state index in [2.05, 4.69) is 11.8 Å².